The number of piperazine rings is 1. The average Bonchev–Trinajstić information content (AvgIpc) is 2.34. The highest BCUT2D eigenvalue weighted by Crippen LogP contribution is 2.32. The number of hydrogen-bond donors (Lipinski definition) is 1. The van der Waals surface area contributed by atoms with Crippen LogP contribution in [0.5, 0.6) is 0 Å². The fourth-order valence-electron chi connectivity index (χ4n) is 2.18. The SMILES string of the molecule is CC(C)C1C(=O)NCC(=O)N1c1cc(Cl)ccc1Cl. The summed E-state index contributed by atoms with van der Waals surface area (Å²) in [4.78, 5) is 25.6. The first kappa shape index (κ1) is 14.2. The van der Waals surface area contributed by atoms with Gasteiger partial charge in [0.05, 0.1) is 17.3 Å². The second-order valence-corrected chi connectivity index (χ2v) is 5.61. The Morgan fingerprint density at radius 1 is 1.32 bits per heavy atom. The van der Waals surface area contributed by atoms with Crippen molar-refractivity contribution >= 4 is 40.7 Å². The predicted octanol–water partition coefficient (Wildman–Crippen LogP) is 2.48. The van der Waals surface area contributed by atoms with Crippen LogP contribution in [-0.4, -0.2) is 24.4 Å². The van der Waals surface area contributed by atoms with Crippen molar-refractivity contribution in [2.24, 2.45) is 5.92 Å². The molecule has 1 aliphatic rings. The Kier molecular flexibility index (Phi) is 4.02. The number of rotatable bonds is 2. The Labute approximate surface area is 121 Å². The Hall–Kier alpha value is -1.26. The molecule has 1 atom stereocenters. The lowest BCUT2D eigenvalue weighted by molar-refractivity contribution is -0.131. The first-order valence-corrected chi connectivity index (χ1v) is 6.72. The predicted molar refractivity (Wildman–Crippen MR) is 75.6 cm³/mol. The second kappa shape index (κ2) is 5.39. The molecule has 1 fully saturated rings. The van der Waals surface area contributed by atoms with E-state index in [1.54, 1.807) is 18.2 Å². The minimum Gasteiger partial charge on any atom is -0.345 e. The van der Waals surface area contributed by atoms with E-state index in [1.165, 1.54) is 4.90 Å². The van der Waals surface area contributed by atoms with Gasteiger partial charge in [-0.15, -0.1) is 0 Å². The van der Waals surface area contributed by atoms with Gasteiger partial charge < -0.3 is 5.32 Å². The van der Waals surface area contributed by atoms with Crippen molar-refractivity contribution in [1.29, 1.82) is 0 Å². The van der Waals surface area contributed by atoms with Crippen LogP contribution < -0.4 is 10.2 Å². The number of carbonyl (C=O) groups excluding carboxylic acids is 2. The van der Waals surface area contributed by atoms with Crippen LogP contribution in [0.15, 0.2) is 18.2 Å². The number of anilines is 1. The van der Waals surface area contributed by atoms with Crippen molar-refractivity contribution in [3.8, 4) is 0 Å². The molecular weight excluding hydrogens is 287 g/mol. The molecule has 6 heteroatoms. The monoisotopic (exact) mass is 300 g/mol. The second-order valence-electron chi connectivity index (χ2n) is 4.77. The largest absolute Gasteiger partial charge is 0.345 e. The van der Waals surface area contributed by atoms with Gasteiger partial charge in [0, 0.05) is 5.02 Å². The van der Waals surface area contributed by atoms with Gasteiger partial charge in [-0.3, -0.25) is 14.5 Å². The van der Waals surface area contributed by atoms with Gasteiger partial charge >= 0.3 is 0 Å². The number of hydrogen-bond acceptors (Lipinski definition) is 2. The molecule has 0 radical (unpaired) electrons. The molecule has 2 amide bonds. The van der Waals surface area contributed by atoms with Crippen molar-refractivity contribution in [1.82, 2.24) is 5.32 Å². The van der Waals surface area contributed by atoms with Gasteiger partial charge in [-0.1, -0.05) is 37.0 Å². The van der Waals surface area contributed by atoms with E-state index in [0.29, 0.717) is 15.7 Å². The van der Waals surface area contributed by atoms with E-state index < -0.39 is 6.04 Å². The standard InChI is InChI=1S/C13H14Cl2N2O2/c1-7(2)12-13(19)16-6-11(18)17(12)10-5-8(14)3-4-9(10)15/h3-5,7,12H,6H2,1-2H3,(H,16,19). The zero-order valence-corrected chi connectivity index (χ0v) is 12.1. The summed E-state index contributed by atoms with van der Waals surface area (Å²) in [6, 6.07) is 4.30. The van der Waals surface area contributed by atoms with Crippen LogP contribution in [-0.2, 0) is 9.59 Å². The molecule has 2 rings (SSSR count). The van der Waals surface area contributed by atoms with E-state index in [4.69, 9.17) is 23.2 Å². The van der Waals surface area contributed by atoms with Gasteiger partial charge in [-0.25, -0.2) is 0 Å². The summed E-state index contributed by atoms with van der Waals surface area (Å²) in [7, 11) is 0. The fourth-order valence-corrected chi connectivity index (χ4v) is 2.56. The maximum atomic E-state index is 12.1. The number of nitrogens with zero attached hydrogens (tertiary/aromatic N) is 1. The molecule has 1 aromatic rings. The lowest BCUT2D eigenvalue weighted by Gasteiger charge is -2.37. The normalized spacial score (nSPS) is 19.8. The molecule has 1 aliphatic heterocycles. The maximum absolute atomic E-state index is 12.1. The number of carbonyl (C=O) groups is 2. The zero-order valence-electron chi connectivity index (χ0n) is 10.6. The summed E-state index contributed by atoms with van der Waals surface area (Å²) in [6.45, 7) is 3.74. The molecule has 1 unspecified atom stereocenters. The minimum absolute atomic E-state index is 0.0229. The minimum atomic E-state index is -0.572. The highest BCUT2D eigenvalue weighted by Gasteiger charge is 2.38. The molecule has 1 saturated heterocycles. The van der Waals surface area contributed by atoms with Crippen molar-refractivity contribution < 1.29 is 9.59 Å². The summed E-state index contributed by atoms with van der Waals surface area (Å²) in [6.07, 6.45) is 0. The zero-order chi connectivity index (χ0) is 14.2. The van der Waals surface area contributed by atoms with Crippen LogP contribution in [0, 0.1) is 5.92 Å². The van der Waals surface area contributed by atoms with Gasteiger partial charge in [-0.05, 0) is 24.1 Å². The van der Waals surface area contributed by atoms with E-state index in [9.17, 15) is 9.59 Å². The van der Waals surface area contributed by atoms with E-state index >= 15 is 0 Å². The smallest absolute Gasteiger partial charge is 0.247 e. The molecule has 1 aromatic carbocycles. The van der Waals surface area contributed by atoms with Crippen LogP contribution in [0.1, 0.15) is 13.8 Å². The molecule has 0 aromatic heterocycles. The van der Waals surface area contributed by atoms with Gasteiger partial charge in [-0.2, -0.15) is 0 Å². The maximum Gasteiger partial charge on any atom is 0.247 e. The van der Waals surface area contributed by atoms with Crippen molar-refractivity contribution in [2.75, 3.05) is 11.4 Å². The molecule has 0 aliphatic carbocycles. The molecular formula is C13H14Cl2N2O2. The van der Waals surface area contributed by atoms with Crippen molar-refractivity contribution in [3.63, 3.8) is 0 Å². The first-order valence-electron chi connectivity index (χ1n) is 5.96. The third-order valence-corrected chi connectivity index (χ3v) is 3.58. The molecule has 0 saturated carbocycles. The fraction of sp³-hybridized carbons (Fsp3) is 0.385. The van der Waals surface area contributed by atoms with Gasteiger partial charge in [0.2, 0.25) is 11.8 Å². The molecule has 1 heterocycles. The summed E-state index contributed by atoms with van der Waals surface area (Å²) in [5, 5.41) is 3.46. The lowest BCUT2D eigenvalue weighted by Crippen LogP contribution is -2.60. The van der Waals surface area contributed by atoms with Crippen LogP contribution >= 0.6 is 23.2 Å². The summed E-state index contributed by atoms with van der Waals surface area (Å²) < 4.78 is 0. The molecule has 1 N–H and O–H groups in total. The van der Waals surface area contributed by atoms with E-state index in [2.05, 4.69) is 5.32 Å². The van der Waals surface area contributed by atoms with Crippen LogP contribution in [0.4, 0.5) is 5.69 Å². The summed E-state index contributed by atoms with van der Waals surface area (Å²) in [5.74, 6) is -0.396. The highest BCUT2D eigenvalue weighted by atomic mass is 35.5. The Balaban J connectivity index is 2.51. The van der Waals surface area contributed by atoms with Gasteiger partial charge in [0.15, 0.2) is 0 Å². The van der Waals surface area contributed by atoms with Gasteiger partial charge in [0.1, 0.15) is 6.04 Å². The van der Waals surface area contributed by atoms with E-state index in [1.807, 2.05) is 13.8 Å². The van der Waals surface area contributed by atoms with Crippen molar-refractivity contribution in [2.45, 2.75) is 19.9 Å². The number of halogens is 2. The number of nitrogens with one attached hydrogen (secondary N) is 1. The summed E-state index contributed by atoms with van der Waals surface area (Å²) >= 11 is 12.1. The van der Waals surface area contributed by atoms with E-state index in [0.717, 1.165) is 0 Å². The molecule has 19 heavy (non-hydrogen) atoms. The topological polar surface area (TPSA) is 49.4 Å². The van der Waals surface area contributed by atoms with E-state index in [-0.39, 0.29) is 24.3 Å². The Morgan fingerprint density at radius 3 is 2.63 bits per heavy atom. The molecule has 0 spiro atoms. The average molecular weight is 301 g/mol. The molecule has 4 nitrogen and oxygen atoms in total. The molecule has 0 bridgehead atoms. The van der Waals surface area contributed by atoms with Gasteiger partial charge in [0.25, 0.3) is 0 Å². The van der Waals surface area contributed by atoms with Crippen LogP contribution in [0.25, 0.3) is 0 Å². The lowest BCUT2D eigenvalue weighted by atomic mass is 9.98. The first-order chi connectivity index (χ1) is 8.91. The van der Waals surface area contributed by atoms with Crippen molar-refractivity contribution in [3.05, 3.63) is 28.2 Å². The van der Waals surface area contributed by atoms with Crippen LogP contribution in [0.2, 0.25) is 10.0 Å². The highest BCUT2D eigenvalue weighted by molar-refractivity contribution is 6.36. The third kappa shape index (κ3) is 2.69. The van der Waals surface area contributed by atoms with Crippen LogP contribution in [0.3, 0.4) is 0 Å². The quantitative estimate of drug-likeness (QED) is 0.912. The molecule has 102 valence electrons. The Morgan fingerprint density at radius 2 is 2.00 bits per heavy atom. The Bertz CT molecular complexity index is 531. The summed E-state index contributed by atoms with van der Waals surface area (Å²) in [5.41, 5.74) is 0.479. The third-order valence-electron chi connectivity index (χ3n) is 3.03. The number of amides is 2. The number of benzene rings is 1.